The highest BCUT2D eigenvalue weighted by Gasteiger charge is 2.25. The summed E-state index contributed by atoms with van der Waals surface area (Å²) >= 11 is 0. The standard InChI is InChI=1S/C24H22O5/c1-3-5-7-18-17-8-6-9-19-22(17)20(14-21(25)28-19)29-23(18)15-10-12-16(13-11-15)24(26)27-4-2/h6,8-14H,3-5,7H2,1-2H3. The third-order valence-electron chi connectivity index (χ3n) is 4.98. The molecular formula is C24H22O5. The molecule has 0 unspecified atom stereocenters. The largest absolute Gasteiger partial charge is 0.462 e. The minimum absolute atomic E-state index is 0.333. The van der Waals surface area contributed by atoms with Crippen LogP contribution in [-0.4, -0.2) is 12.6 Å². The van der Waals surface area contributed by atoms with E-state index in [0.29, 0.717) is 29.3 Å². The van der Waals surface area contributed by atoms with Crippen molar-refractivity contribution in [1.82, 2.24) is 0 Å². The van der Waals surface area contributed by atoms with Crippen LogP contribution in [0.1, 0.15) is 54.6 Å². The Balaban J connectivity index is 1.85. The van der Waals surface area contributed by atoms with Crippen molar-refractivity contribution in [3.63, 3.8) is 0 Å². The van der Waals surface area contributed by atoms with Crippen LogP contribution in [0.25, 0.3) is 22.3 Å². The van der Waals surface area contributed by atoms with Crippen LogP contribution in [0.15, 0.2) is 57.7 Å². The molecule has 2 heterocycles. The molecular weight excluding hydrogens is 368 g/mol. The molecule has 1 aliphatic rings. The first-order valence-electron chi connectivity index (χ1n) is 9.88. The molecule has 0 radical (unpaired) electrons. The van der Waals surface area contributed by atoms with E-state index in [2.05, 4.69) is 6.92 Å². The zero-order valence-corrected chi connectivity index (χ0v) is 16.5. The first kappa shape index (κ1) is 19.0. The fourth-order valence-electron chi connectivity index (χ4n) is 3.62. The van der Waals surface area contributed by atoms with Crippen LogP contribution in [0.3, 0.4) is 0 Å². The average Bonchev–Trinajstić information content (AvgIpc) is 2.73. The molecule has 0 saturated heterocycles. The molecule has 29 heavy (non-hydrogen) atoms. The number of hydrogen-bond acceptors (Lipinski definition) is 5. The number of ether oxygens (including phenoxy) is 2. The number of unbranched alkanes of at least 4 members (excludes halogenated alkanes) is 1. The minimum atomic E-state index is -0.446. The third-order valence-corrected chi connectivity index (χ3v) is 4.98. The Kier molecular flexibility index (Phi) is 5.21. The molecule has 5 nitrogen and oxygen atoms in total. The number of esters is 1. The normalized spacial score (nSPS) is 12.8. The Hall–Kier alpha value is -3.34. The van der Waals surface area contributed by atoms with E-state index in [1.807, 2.05) is 24.3 Å². The highest BCUT2D eigenvalue weighted by Crippen LogP contribution is 2.43. The van der Waals surface area contributed by atoms with Crippen molar-refractivity contribution in [2.75, 3.05) is 6.61 Å². The molecule has 0 fully saturated rings. The second-order valence-corrected chi connectivity index (χ2v) is 6.92. The molecule has 1 aliphatic heterocycles. The maximum absolute atomic E-state index is 12.0. The van der Waals surface area contributed by atoms with Gasteiger partial charge in [0.2, 0.25) is 0 Å². The highest BCUT2D eigenvalue weighted by atomic mass is 16.5. The monoisotopic (exact) mass is 390 g/mol. The summed E-state index contributed by atoms with van der Waals surface area (Å²) in [7, 11) is 0. The second-order valence-electron chi connectivity index (χ2n) is 6.92. The van der Waals surface area contributed by atoms with Gasteiger partial charge in [-0.15, -0.1) is 0 Å². The zero-order valence-electron chi connectivity index (χ0n) is 16.5. The molecule has 0 N–H and O–H groups in total. The van der Waals surface area contributed by atoms with Gasteiger partial charge < -0.3 is 13.9 Å². The summed E-state index contributed by atoms with van der Waals surface area (Å²) in [5.41, 5.74) is 3.51. The lowest BCUT2D eigenvalue weighted by Crippen LogP contribution is -2.10. The van der Waals surface area contributed by atoms with Crippen LogP contribution >= 0.6 is 0 Å². The number of benzene rings is 2. The van der Waals surface area contributed by atoms with Gasteiger partial charge in [-0.3, -0.25) is 0 Å². The van der Waals surface area contributed by atoms with Crippen LogP contribution in [0, 0.1) is 0 Å². The van der Waals surface area contributed by atoms with E-state index in [0.717, 1.165) is 41.3 Å². The molecule has 0 aliphatic carbocycles. The van der Waals surface area contributed by atoms with Gasteiger partial charge in [-0.1, -0.05) is 37.6 Å². The van der Waals surface area contributed by atoms with Gasteiger partial charge in [-0.2, -0.15) is 0 Å². The van der Waals surface area contributed by atoms with Crippen LogP contribution < -0.4 is 10.4 Å². The SMILES string of the molecule is CCCCC1=C(c2ccc(C(=O)OCC)cc2)Oc2cc(=O)oc3cccc1c23. The van der Waals surface area contributed by atoms with Gasteiger partial charge in [0.05, 0.1) is 23.6 Å². The van der Waals surface area contributed by atoms with Crippen LogP contribution in [0.5, 0.6) is 5.75 Å². The highest BCUT2D eigenvalue weighted by molar-refractivity contribution is 6.04. The van der Waals surface area contributed by atoms with Crippen LogP contribution in [0.2, 0.25) is 0 Å². The number of allylic oxidation sites excluding steroid dienone is 1. The van der Waals surface area contributed by atoms with Crippen molar-refractivity contribution in [1.29, 1.82) is 0 Å². The lowest BCUT2D eigenvalue weighted by atomic mass is 9.91. The van der Waals surface area contributed by atoms with Gasteiger partial charge in [0.1, 0.15) is 17.1 Å². The molecule has 5 heteroatoms. The number of carbonyl (C=O) groups is 1. The molecule has 1 aromatic heterocycles. The molecule has 0 amide bonds. The summed E-state index contributed by atoms with van der Waals surface area (Å²) in [5, 5.41) is 0.824. The van der Waals surface area contributed by atoms with Gasteiger partial charge in [0.25, 0.3) is 0 Å². The topological polar surface area (TPSA) is 65.7 Å². The van der Waals surface area contributed by atoms with Gasteiger partial charge in [0.15, 0.2) is 0 Å². The van der Waals surface area contributed by atoms with Crippen LogP contribution in [0.4, 0.5) is 0 Å². The molecule has 0 atom stereocenters. The Morgan fingerprint density at radius 1 is 1.07 bits per heavy atom. The number of carbonyl (C=O) groups excluding carboxylic acids is 1. The minimum Gasteiger partial charge on any atom is -0.462 e. The molecule has 4 rings (SSSR count). The van der Waals surface area contributed by atoms with Crippen LogP contribution in [-0.2, 0) is 4.74 Å². The zero-order chi connectivity index (χ0) is 20.4. The molecule has 0 spiro atoms. The van der Waals surface area contributed by atoms with Crippen molar-refractivity contribution >= 4 is 28.3 Å². The molecule has 2 aromatic carbocycles. The predicted molar refractivity (Wildman–Crippen MR) is 112 cm³/mol. The van der Waals surface area contributed by atoms with Crippen molar-refractivity contribution in [2.24, 2.45) is 0 Å². The summed E-state index contributed by atoms with van der Waals surface area (Å²) in [6.45, 7) is 4.26. The number of hydrogen-bond donors (Lipinski definition) is 0. The first-order valence-corrected chi connectivity index (χ1v) is 9.88. The van der Waals surface area contributed by atoms with E-state index < -0.39 is 5.63 Å². The summed E-state index contributed by atoms with van der Waals surface area (Å²) in [6.07, 6.45) is 2.89. The van der Waals surface area contributed by atoms with E-state index in [1.54, 1.807) is 25.1 Å². The Morgan fingerprint density at radius 2 is 1.86 bits per heavy atom. The first-order chi connectivity index (χ1) is 14.1. The maximum atomic E-state index is 12.0. The summed E-state index contributed by atoms with van der Waals surface area (Å²) < 4.78 is 16.7. The lowest BCUT2D eigenvalue weighted by molar-refractivity contribution is 0.0526. The lowest BCUT2D eigenvalue weighted by Gasteiger charge is -2.24. The summed E-state index contributed by atoms with van der Waals surface area (Å²) in [6, 6.07) is 14.3. The van der Waals surface area contributed by atoms with E-state index in [4.69, 9.17) is 13.9 Å². The summed E-state index contributed by atoms with van der Waals surface area (Å²) in [5.74, 6) is 0.854. The quantitative estimate of drug-likeness (QED) is 0.415. The molecule has 0 saturated carbocycles. The van der Waals surface area contributed by atoms with Gasteiger partial charge in [-0.05, 0) is 43.5 Å². The Morgan fingerprint density at radius 3 is 2.59 bits per heavy atom. The summed E-state index contributed by atoms with van der Waals surface area (Å²) in [4.78, 5) is 23.9. The Labute approximate surface area is 168 Å². The fraction of sp³-hybridized carbons (Fsp3) is 0.250. The van der Waals surface area contributed by atoms with E-state index in [1.165, 1.54) is 6.07 Å². The molecule has 3 aromatic rings. The van der Waals surface area contributed by atoms with E-state index >= 15 is 0 Å². The number of rotatable bonds is 6. The van der Waals surface area contributed by atoms with Crippen molar-refractivity contribution < 1.29 is 18.7 Å². The van der Waals surface area contributed by atoms with E-state index in [-0.39, 0.29) is 5.97 Å². The smallest absolute Gasteiger partial charge is 0.339 e. The van der Waals surface area contributed by atoms with Gasteiger partial charge in [0, 0.05) is 11.1 Å². The van der Waals surface area contributed by atoms with Gasteiger partial charge in [-0.25, -0.2) is 9.59 Å². The third kappa shape index (κ3) is 3.56. The maximum Gasteiger partial charge on any atom is 0.339 e. The van der Waals surface area contributed by atoms with Crippen molar-refractivity contribution in [2.45, 2.75) is 33.1 Å². The van der Waals surface area contributed by atoms with Gasteiger partial charge >= 0.3 is 11.6 Å². The second kappa shape index (κ2) is 7.95. The van der Waals surface area contributed by atoms with Crippen molar-refractivity contribution in [3.8, 4) is 5.75 Å². The van der Waals surface area contributed by atoms with Crippen molar-refractivity contribution in [3.05, 3.63) is 75.6 Å². The predicted octanol–water partition coefficient (Wildman–Crippen LogP) is 5.42. The fourth-order valence-corrected chi connectivity index (χ4v) is 3.62. The average molecular weight is 390 g/mol. The van der Waals surface area contributed by atoms with E-state index in [9.17, 15) is 9.59 Å². The molecule has 148 valence electrons. The Bertz CT molecular complexity index is 1150. The molecule has 0 bridgehead atoms.